The first-order valence-corrected chi connectivity index (χ1v) is 8.97. The molecular weight excluding hydrogens is 350 g/mol. The molecule has 2 aromatic heterocycles. The molecule has 3 aromatic rings. The lowest BCUT2D eigenvalue weighted by atomic mass is 9.97. The van der Waals surface area contributed by atoms with Gasteiger partial charge in [-0.3, -0.25) is 9.89 Å². The average Bonchev–Trinajstić information content (AvgIpc) is 3.19. The highest BCUT2D eigenvalue weighted by Crippen LogP contribution is 2.27. The summed E-state index contributed by atoms with van der Waals surface area (Å²) in [6.07, 6.45) is 3.39. The number of hydrogen-bond donors (Lipinski definition) is 1. The molecule has 0 unspecified atom stereocenters. The molecule has 0 radical (unpaired) electrons. The molecule has 1 atom stereocenters. The number of likely N-dealkylation sites (tertiary alicyclic amines) is 1. The summed E-state index contributed by atoms with van der Waals surface area (Å²) in [5, 5.41) is 7.90. The molecule has 0 aliphatic carbocycles. The van der Waals surface area contributed by atoms with Crippen LogP contribution in [-0.2, 0) is 0 Å². The predicted octanol–water partition coefficient (Wildman–Crippen LogP) is 3.54. The first kappa shape index (κ1) is 16.7. The number of aromatic nitrogens is 4. The molecule has 1 saturated heterocycles. The van der Waals surface area contributed by atoms with E-state index in [2.05, 4.69) is 20.2 Å². The largest absolute Gasteiger partial charge is 0.337 e. The molecule has 1 amide bonds. The molecule has 1 aliphatic heterocycles. The number of pyridine rings is 1. The van der Waals surface area contributed by atoms with Crippen LogP contribution in [0.15, 0.2) is 48.7 Å². The van der Waals surface area contributed by atoms with Gasteiger partial charge in [-0.05, 0) is 25.0 Å². The summed E-state index contributed by atoms with van der Waals surface area (Å²) in [6.45, 7) is 1.33. The minimum absolute atomic E-state index is 0.0748. The zero-order chi connectivity index (χ0) is 17.9. The lowest BCUT2D eigenvalue weighted by molar-refractivity contribution is 0.0698. The van der Waals surface area contributed by atoms with Gasteiger partial charge >= 0.3 is 0 Å². The molecule has 1 fully saturated rings. The zero-order valence-electron chi connectivity index (χ0n) is 14.1. The van der Waals surface area contributed by atoms with Crippen molar-refractivity contribution in [3.63, 3.8) is 0 Å². The Bertz CT molecular complexity index is 894. The van der Waals surface area contributed by atoms with Crippen LogP contribution in [0.1, 0.15) is 35.1 Å². The van der Waals surface area contributed by atoms with E-state index in [1.165, 1.54) is 6.20 Å². The summed E-state index contributed by atoms with van der Waals surface area (Å²) in [5.41, 5.74) is 1.39. The quantitative estimate of drug-likeness (QED) is 0.768. The molecule has 0 spiro atoms. The normalized spacial score (nSPS) is 17.3. The molecule has 0 saturated carbocycles. The van der Waals surface area contributed by atoms with E-state index in [0.29, 0.717) is 23.1 Å². The lowest BCUT2D eigenvalue weighted by Gasteiger charge is -2.31. The fraction of sp³-hybridized carbons (Fsp3) is 0.263. The number of benzene rings is 1. The molecule has 1 aliphatic rings. The van der Waals surface area contributed by atoms with Gasteiger partial charge in [0.15, 0.2) is 5.82 Å². The van der Waals surface area contributed by atoms with Gasteiger partial charge in [-0.2, -0.15) is 5.10 Å². The van der Waals surface area contributed by atoms with Crippen molar-refractivity contribution in [2.24, 2.45) is 0 Å². The number of nitrogens with one attached hydrogen (secondary N) is 1. The molecular formula is C19H18ClN5O. The van der Waals surface area contributed by atoms with E-state index in [9.17, 15) is 4.79 Å². The average molecular weight is 368 g/mol. The summed E-state index contributed by atoms with van der Waals surface area (Å²) in [5.74, 6) is 1.58. The van der Waals surface area contributed by atoms with Crippen LogP contribution in [0.25, 0.3) is 11.4 Å². The molecule has 3 heterocycles. The highest BCUT2D eigenvalue weighted by molar-refractivity contribution is 6.30. The molecule has 1 aromatic carbocycles. The van der Waals surface area contributed by atoms with E-state index in [4.69, 9.17) is 11.6 Å². The van der Waals surface area contributed by atoms with Crippen LogP contribution in [0.2, 0.25) is 5.02 Å². The summed E-state index contributed by atoms with van der Waals surface area (Å²) >= 11 is 5.85. The van der Waals surface area contributed by atoms with Crippen LogP contribution in [0.5, 0.6) is 0 Å². The minimum Gasteiger partial charge on any atom is -0.337 e. The fourth-order valence-electron chi connectivity index (χ4n) is 3.22. The van der Waals surface area contributed by atoms with Gasteiger partial charge in [-0.15, -0.1) is 0 Å². The van der Waals surface area contributed by atoms with Gasteiger partial charge in [0.25, 0.3) is 5.91 Å². The van der Waals surface area contributed by atoms with Crippen molar-refractivity contribution in [3.8, 4) is 11.4 Å². The first-order chi connectivity index (χ1) is 12.7. The Hall–Kier alpha value is -2.73. The van der Waals surface area contributed by atoms with E-state index < -0.39 is 0 Å². The molecule has 1 N–H and O–H groups in total. The Morgan fingerprint density at radius 1 is 1.19 bits per heavy atom. The predicted molar refractivity (Wildman–Crippen MR) is 98.9 cm³/mol. The van der Waals surface area contributed by atoms with Crippen LogP contribution in [0, 0.1) is 0 Å². The van der Waals surface area contributed by atoms with Gasteiger partial charge in [-0.1, -0.05) is 41.9 Å². The van der Waals surface area contributed by atoms with E-state index in [-0.39, 0.29) is 11.8 Å². The van der Waals surface area contributed by atoms with Gasteiger partial charge < -0.3 is 4.90 Å². The van der Waals surface area contributed by atoms with Crippen LogP contribution in [0.4, 0.5) is 0 Å². The third-order valence-electron chi connectivity index (χ3n) is 4.58. The number of H-pyrrole nitrogens is 1. The van der Waals surface area contributed by atoms with E-state index in [1.807, 2.05) is 35.2 Å². The molecule has 7 heteroatoms. The van der Waals surface area contributed by atoms with Crippen molar-refractivity contribution in [1.82, 2.24) is 25.1 Å². The lowest BCUT2D eigenvalue weighted by Crippen LogP contribution is -2.39. The maximum atomic E-state index is 12.7. The van der Waals surface area contributed by atoms with Gasteiger partial charge in [0.1, 0.15) is 11.5 Å². The van der Waals surface area contributed by atoms with Crippen molar-refractivity contribution in [3.05, 3.63) is 65.2 Å². The van der Waals surface area contributed by atoms with Gasteiger partial charge in [0.05, 0.1) is 5.02 Å². The summed E-state index contributed by atoms with van der Waals surface area (Å²) < 4.78 is 0. The number of nitrogens with zero attached hydrogens (tertiary/aromatic N) is 4. The summed E-state index contributed by atoms with van der Waals surface area (Å²) in [4.78, 5) is 23.3. The standard InChI is InChI=1S/C19H18ClN5O/c20-15-8-9-16(21-11-15)19(26)25-10-4-7-14(12-25)18-22-17(23-24-18)13-5-2-1-3-6-13/h1-3,5-6,8-9,11,14H,4,7,10,12H2,(H,22,23,24)/t14-/m1/s1. The Balaban J connectivity index is 1.49. The smallest absolute Gasteiger partial charge is 0.272 e. The number of carbonyl (C=O) groups excluding carboxylic acids is 1. The number of piperidine rings is 1. The van der Waals surface area contributed by atoms with Crippen LogP contribution >= 0.6 is 11.6 Å². The van der Waals surface area contributed by atoms with E-state index >= 15 is 0 Å². The Morgan fingerprint density at radius 2 is 2.04 bits per heavy atom. The van der Waals surface area contributed by atoms with Crippen molar-refractivity contribution >= 4 is 17.5 Å². The van der Waals surface area contributed by atoms with Gasteiger partial charge in [0, 0.05) is 30.8 Å². The van der Waals surface area contributed by atoms with Crippen molar-refractivity contribution in [2.45, 2.75) is 18.8 Å². The van der Waals surface area contributed by atoms with Gasteiger partial charge in [0.2, 0.25) is 0 Å². The molecule has 0 bridgehead atoms. The zero-order valence-corrected chi connectivity index (χ0v) is 14.9. The maximum absolute atomic E-state index is 12.7. The van der Waals surface area contributed by atoms with Crippen molar-refractivity contribution in [1.29, 1.82) is 0 Å². The number of carbonyl (C=O) groups is 1. The van der Waals surface area contributed by atoms with E-state index in [1.54, 1.807) is 12.1 Å². The van der Waals surface area contributed by atoms with Crippen LogP contribution in [0.3, 0.4) is 0 Å². The fourth-order valence-corrected chi connectivity index (χ4v) is 3.33. The third kappa shape index (κ3) is 3.46. The highest BCUT2D eigenvalue weighted by Gasteiger charge is 2.28. The number of aromatic amines is 1. The monoisotopic (exact) mass is 367 g/mol. The second-order valence-electron chi connectivity index (χ2n) is 6.36. The summed E-state index contributed by atoms with van der Waals surface area (Å²) in [7, 11) is 0. The number of hydrogen-bond acceptors (Lipinski definition) is 4. The second kappa shape index (κ2) is 7.25. The van der Waals surface area contributed by atoms with Crippen LogP contribution < -0.4 is 0 Å². The third-order valence-corrected chi connectivity index (χ3v) is 4.80. The molecule has 132 valence electrons. The molecule has 6 nitrogen and oxygen atoms in total. The SMILES string of the molecule is O=C(c1ccc(Cl)cn1)N1CCC[C@@H](c2nc(-c3ccccc3)n[nH]2)C1. The Labute approximate surface area is 156 Å². The van der Waals surface area contributed by atoms with Gasteiger partial charge in [-0.25, -0.2) is 9.97 Å². The van der Waals surface area contributed by atoms with Crippen LogP contribution in [-0.4, -0.2) is 44.1 Å². The summed E-state index contributed by atoms with van der Waals surface area (Å²) in [6, 6.07) is 13.2. The van der Waals surface area contributed by atoms with Crippen molar-refractivity contribution < 1.29 is 4.79 Å². The first-order valence-electron chi connectivity index (χ1n) is 8.59. The Morgan fingerprint density at radius 3 is 2.81 bits per heavy atom. The van der Waals surface area contributed by atoms with E-state index in [0.717, 1.165) is 30.8 Å². The minimum atomic E-state index is -0.0748. The number of halogens is 1. The maximum Gasteiger partial charge on any atom is 0.272 e. The topological polar surface area (TPSA) is 74.8 Å². The Kier molecular flexibility index (Phi) is 4.67. The molecule has 26 heavy (non-hydrogen) atoms. The van der Waals surface area contributed by atoms with Crippen molar-refractivity contribution in [2.75, 3.05) is 13.1 Å². The number of rotatable bonds is 3. The molecule has 4 rings (SSSR count). The highest BCUT2D eigenvalue weighted by atomic mass is 35.5. The second-order valence-corrected chi connectivity index (χ2v) is 6.80. The number of amides is 1.